The lowest BCUT2D eigenvalue weighted by Gasteiger charge is -2.18. The number of furan rings is 1. The van der Waals surface area contributed by atoms with Crippen LogP contribution in [-0.4, -0.2) is 0 Å². The normalized spacial score (nSPS) is 11.9. The molecule has 1 aromatic heterocycles. The molecule has 0 saturated carbocycles. The van der Waals surface area contributed by atoms with E-state index in [9.17, 15) is 0 Å². The largest absolute Gasteiger partial charge is 0.455 e. The molecule has 0 fully saturated rings. The Morgan fingerprint density at radius 2 is 0.705 bits per heavy atom. The summed E-state index contributed by atoms with van der Waals surface area (Å²) < 4.78 is 7.17. The second-order valence-corrected chi connectivity index (χ2v) is 16.3. The van der Waals surface area contributed by atoms with Crippen molar-refractivity contribution in [1.29, 1.82) is 0 Å². The molecule has 0 amide bonds. The highest BCUT2D eigenvalue weighted by molar-refractivity contribution is 6.35. The fourth-order valence-electron chi connectivity index (χ4n) is 10.3. The molecule has 0 spiro atoms. The minimum Gasteiger partial charge on any atom is -0.455 e. The van der Waals surface area contributed by atoms with Crippen LogP contribution in [0.5, 0.6) is 0 Å². The van der Waals surface area contributed by atoms with E-state index in [-0.39, 0.29) is 0 Å². The standard InChI is InChI=1S/C60H36O/c1-2-15-40-34-41(33-30-37(40)14-1)38-28-31-39(32-29-38)55-49-23-8-10-25-51(49)56(52-26-11-9-24-50(52)55)44-18-13-17-42(35-44)54-36-43-16-3-4-19-45(43)57-58-48-22-7-5-20-46(48)47-21-6-12-27-53(47)59(58)61-60(54)57/h1-36H. The monoisotopic (exact) mass is 772 g/mol. The Labute approximate surface area is 352 Å². The van der Waals surface area contributed by atoms with Gasteiger partial charge in [-0.3, -0.25) is 0 Å². The van der Waals surface area contributed by atoms with Gasteiger partial charge < -0.3 is 4.42 Å². The maximum absolute atomic E-state index is 7.17. The summed E-state index contributed by atoms with van der Waals surface area (Å²) in [6.07, 6.45) is 0. The van der Waals surface area contributed by atoms with Gasteiger partial charge in [0.25, 0.3) is 0 Å². The molecular formula is C60H36O. The molecule has 0 atom stereocenters. The topological polar surface area (TPSA) is 13.1 Å². The van der Waals surface area contributed by atoms with Crippen molar-refractivity contribution in [3.63, 3.8) is 0 Å². The van der Waals surface area contributed by atoms with Crippen molar-refractivity contribution in [3.8, 4) is 44.5 Å². The fourth-order valence-corrected chi connectivity index (χ4v) is 10.3. The molecular weight excluding hydrogens is 737 g/mol. The van der Waals surface area contributed by atoms with Gasteiger partial charge in [0.15, 0.2) is 0 Å². The molecule has 0 aliphatic rings. The van der Waals surface area contributed by atoms with Gasteiger partial charge in [0.1, 0.15) is 11.2 Å². The van der Waals surface area contributed by atoms with Crippen LogP contribution in [-0.2, 0) is 0 Å². The SMILES string of the molecule is c1cc(-c2c3ccccc3c(-c3ccc(-c4ccc5ccccc5c4)cc3)c3ccccc23)cc(-c2cc3ccccc3c3c2oc2c4ccccc4c4ccccc4c23)c1. The number of hydrogen-bond donors (Lipinski definition) is 0. The van der Waals surface area contributed by atoms with Gasteiger partial charge in [0.05, 0.1) is 0 Å². The van der Waals surface area contributed by atoms with Crippen LogP contribution in [0.2, 0.25) is 0 Å². The Hall–Kier alpha value is -8.00. The van der Waals surface area contributed by atoms with Crippen LogP contribution in [0.1, 0.15) is 0 Å². The molecule has 61 heavy (non-hydrogen) atoms. The molecule has 0 saturated heterocycles. The maximum atomic E-state index is 7.17. The predicted octanol–water partition coefficient (Wildman–Crippen LogP) is 17.2. The zero-order chi connectivity index (χ0) is 40.0. The smallest absolute Gasteiger partial charge is 0.143 e. The molecule has 1 heterocycles. The molecule has 1 nitrogen and oxygen atoms in total. The molecule has 13 aromatic rings. The summed E-state index contributed by atoms with van der Waals surface area (Å²) in [7, 11) is 0. The van der Waals surface area contributed by atoms with Crippen LogP contribution >= 0.6 is 0 Å². The van der Waals surface area contributed by atoms with Crippen LogP contribution in [0, 0.1) is 0 Å². The average Bonchev–Trinajstić information content (AvgIpc) is 3.75. The van der Waals surface area contributed by atoms with Gasteiger partial charge in [-0.2, -0.15) is 0 Å². The third kappa shape index (κ3) is 5.14. The van der Waals surface area contributed by atoms with E-state index in [2.05, 4.69) is 218 Å². The number of hydrogen-bond acceptors (Lipinski definition) is 1. The molecule has 282 valence electrons. The first-order chi connectivity index (χ1) is 30.3. The van der Waals surface area contributed by atoms with Gasteiger partial charge in [0, 0.05) is 21.7 Å². The molecule has 1 heteroatoms. The Kier molecular flexibility index (Phi) is 7.37. The van der Waals surface area contributed by atoms with E-state index < -0.39 is 0 Å². The van der Waals surface area contributed by atoms with Crippen molar-refractivity contribution in [2.75, 3.05) is 0 Å². The second kappa shape index (κ2) is 13.3. The minimum absolute atomic E-state index is 0.921. The molecule has 0 radical (unpaired) electrons. The first-order valence-corrected chi connectivity index (χ1v) is 21.1. The van der Waals surface area contributed by atoms with Gasteiger partial charge in [0.2, 0.25) is 0 Å². The molecule has 0 N–H and O–H groups in total. The summed E-state index contributed by atoms with van der Waals surface area (Å²) in [6, 6.07) is 79.9. The van der Waals surface area contributed by atoms with Crippen molar-refractivity contribution in [2.24, 2.45) is 0 Å². The van der Waals surface area contributed by atoms with Gasteiger partial charge in [-0.1, -0.05) is 200 Å². The Balaban J connectivity index is 1.02. The van der Waals surface area contributed by atoms with E-state index >= 15 is 0 Å². The zero-order valence-corrected chi connectivity index (χ0v) is 33.2. The van der Waals surface area contributed by atoms with E-state index in [0.29, 0.717) is 0 Å². The van der Waals surface area contributed by atoms with E-state index in [1.54, 1.807) is 0 Å². The van der Waals surface area contributed by atoms with Crippen LogP contribution in [0.3, 0.4) is 0 Å². The summed E-state index contributed by atoms with van der Waals surface area (Å²) in [5.41, 5.74) is 11.4. The third-order valence-corrected chi connectivity index (χ3v) is 13.0. The van der Waals surface area contributed by atoms with Crippen molar-refractivity contribution >= 4 is 86.6 Å². The van der Waals surface area contributed by atoms with Crippen molar-refractivity contribution < 1.29 is 4.42 Å². The van der Waals surface area contributed by atoms with Gasteiger partial charge >= 0.3 is 0 Å². The summed E-state index contributed by atoms with van der Waals surface area (Å²) in [5, 5.41) is 17.0. The number of fused-ring (bicyclic) bond motifs is 13. The van der Waals surface area contributed by atoms with E-state index in [0.717, 1.165) is 27.7 Å². The fraction of sp³-hybridized carbons (Fsp3) is 0. The van der Waals surface area contributed by atoms with E-state index in [1.165, 1.54) is 103 Å². The lowest BCUT2D eigenvalue weighted by atomic mass is 9.85. The lowest BCUT2D eigenvalue weighted by Crippen LogP contribution is -1.91. The minimum atomic E-state index is 0.921. The molecule has 0 aliphatic carbocycles. The highest BCUT2D eigenvalue weighted by atomic mass is 16.3. The first-order valence-electron chi connectivity index (χ1n) is 21.1. The zero-order valence-electron chi connectivity index (χ0n) is 33.2. The molecule has 12 aromatic carbocycles. The van der Waals surface area contributed by atoms with Crippen molar-refractivity contribution in [1.82, 2.24) is 0 Å². The van der Waals surface area contributed by atoms with Crippen LogP contribution in [0.4, 0.5) is 0 Å². The lowest BCUT2D eigenvalue weighted by molar-refractivity contribution is 0.674. The number of benzene rings is 12. The van der Waals surface area contributed by atoms with E-state index in [4.69, 9.17) is 4.42 Å². The summed E-state index contributed by atoms with van der Waals surface area (Å²) in [4.78, 5) is 0. The van der Waals surface area contributed by atoms with Gasteiger partial charge in [-0.25, -0.2) is 0 Å². The summed E-state index contributed by atoms with van der Waals surface area (Å²) in [6.45, 7) is 0. The maximum Gasteiger partial charge on any atom is 0.143 e. The number of rotatable bonds is 4. The van der Waals surface area contributed by atoms with Crippen LogP contribution in [0.25, 0.3) is 131 Å². The Bertz CT molecular complexity index is 3870. The predicted molar refractivity (Wildman–Crippen MR) is 260 cm³/mol. The third-order valence-electron chi connectivity index (χ3n) is 13.0. The first kappa shape index (κ1) is 33.9. The van der Waals surface area contributed by atoms with Gasteiger partial charge in [-0.05, 0) is 116 Å². The van der Waals surface area contributed by atoms with Crippen molar-refractivity contribution in [3.05, 3.63) is 218 Å². The van der Waals surface area contributed by atoms with Crippen LogP contribution < -0.4 is 0 Å². The summed E-state index contributed by atoms with van der Waals surface area (Å²) >= 11 is 0. The molecule has 0 bridgehead atoms. The van der Waals surface area contributed by atoms with E-state index in [1.807, 2.05) is 0 Å². The highest BCUT2D eigenvalue weighted by Gasteiger charge is 2.22. The molecule has 0 unspecified atom stereocenters. The van der Waals surface area contributed by atoms with Gasteiger partial charge in [-0.15, -0.1) is 0 Å². The Morgan fingerprint density at radius 3 is 1.39 bits per heavy atom. The highest BCUT2D eigenvalue weighted by Crippen LogP contribution is 2.48. The summed E-state index contributed by atoms with van der Waals surface area (Å²) in [5.74, 6) is 0. The van der Waals surface area contributed by atoms with Crippen LogP contribution in [0.15, 0.2) is 223 Å². The quantitative estimate of drug-likeness (QED) is 0.128. The molecule has 13 rings (SSSR count). The molecule has 0 aliphatic heterocycles. The Morgan fingerprint density at radius 1 is 0.230 bits per heavy atom. The average molecular weight is 773 g/mol. The second-order valence-electron chi connectivity index (χ2n) is 16.3. The van der Waals surface area contributed by atoms with Crippen molar-refractivity contribution in [2.45, 2.75) is 0 Å².